The maximum absolute atomic E-state index is 12.8. The zero-order valence-electron chi connectivity index (χ0n) is 16.7. The second kappa shape index (κ2) is 7.43. The number of hydrogen-bond acceptors (Lipinski definition) is 8. The molecular formula is C20H18N6O3S2. The highest BCUT2D eigenvalue weighted by molar-refractivity contribution is 7.22. The molecule has 2 aromatic heterocycles. The maximum atomic E-state index is 12.8. The molecule has 158 valence electrons. The summed E-state index contributed by atoms with van der Waals surface area (Å²) in [7, 11) is 3.03. The van der Waals surface area contributed by atoms with Gasteiger partial charge in [-0.05, 0) is 23.6 Å². The van der Waals surface area contributed by atoms with Crippen LogP contribution in [-0.4, -0.2) is 76.7 Å². The third kappa shape index (κ3) is 3.26. The third-order valence-corrected chi connectivity index (χ3v) is 7.24. The van der Waals surface area contributed by atoms with Crippen LogP contribution in [0.2, 0.25) is 0 Å². The Morgan fingerprint density at radius 2 is 2.00 bits per heavy atom. The monoisotopic (exact) mass is 454 g/mol. The highest BCUT2D eigenvalue weighted by Crippen LogP contribution is 2.37. The lowest BCUT2D eigenvalue weighted by molar-refractivity contribution is -0.136. The van der Waals surface area contributed by atoms with E-state index in [0.717, 1.165) is 25.7 Å². The molecule has 1 saturated heterocycles. The van der Waals surface area contributed by atoms with Crippen molar-refractivity contribution in [2.24, 2.45) is 4.99 Å². The fourth-order valence-corrected chi connectivity index (χ4v) is 5.60. The number of hydrogen-bond donors (Lipinski definition) is 1. The molecule has 3 aromatic rings. The molecule has 4 amide bonds. The molecule has 2 aliphatic heterocycles. The molecule has 31 heavy (non-hydrogen) atoms. The predicted molar refractivity (Wildman–Crippen MR) is 120 cm³/mol. The fraction of sp³-hybridized carbons (Fsp3) is 0.250. The first kappa shape index (κ1) is 19.6. The van der Waals surface area contributed by atoms with Crippen molar-refractivity contribution in [3.8, 4) is 10.6 Å². The number of rotatable bonds is 4. The molecule has 11 heteroatoms. The quantitative estimate of drug-likeness (QED) is 0.653. The Kier molecular flexibility index (Phi) is 4.71. The van der Waals surface area contributed by atoms with E-state index in [1.54, 1.807) is 23.3 Å². The van der Waals surface area contributed by atoms with Crippen LogP contribution in [0.4, 0.5) is 9.80 Å². The van der Waals surface area contributed by atoms with Gasteiger partial charge >= 0.3 is 6.03 Å². The van der Waals surface area contributed by atoms with Gasteiger partial charge < -0.3 is 15.1 Å². The average molecular weight is 455 g/mol. The van der Waals surface area contributed by atoms with E-state index >= 15 is 0 Å². The summed E-state index contributed by atoms with van der Waals surface area (Å²) in [6.45, 7) is -0.0521. The number of amides is 4. The number of thiazole rings is 1. The van der Waals surface area contributed by atoms with Gasteiger partial charge in [-0.1, -0.05) is 12.1 Å². The van der Waals surface area contributed by atoms with Gasteiger partial charge in [0.15, 0.2) is 12.2 Å². The number of thiophene rings is 1. The number of nitrogens with one attached hydrogen (secondary N) is 1. The van der Waals surface area contributed by atoms with Crippen LogP contribution in [0.5, 0.6) is 0 Å². The molecule has 0 spiro atoms. The van der Waals surface area contributed by atoms with Gasteiger partial charge in [-0.15, -0.1) is 22.7 Å². The second-order valence-electron chi connectivity index (χ2n) is 7.28. The van der Waals surface area contributed by atoms with Crippen molar-refractivity contribution in [1.82, 2.24) is 19.7 Å². The van der Waals surface area contributed by atoms with Crippen LogP contribution in [0.15, 0.2) is 40.7 Å². The number of carbonyl (C=O) groups is 3. The van der Waals surface area contributed by atoms with Crippen LogP contribution in [-0.2, 0) is 9.59 Å². The lowest BCUT2D eigenvalue weighted by atomic mass is 10.1. The number of aliphatic imine (C=N–C) groups is 1. The minimum atomic E-state index is -0.703. The number of nitrogens with zero attached hydrogens (tertiary/aromatic N) is 5. The van der Waals surface area contributed by atoms with Crippen molar-refractivity contribution in [2.75, 3.05) is 26.0 Å². The first-order valence-electron chi connectivity index (χ1n) is 9.51. The summed E-state index contributed by atoms with van der Waals surface area (Å²) in [5, 5.41) is 6.39. The van der Waals surface area contributed by atoms with E-state index in [0.29, 0.717) is 5.00 Å². The summed E-state index contributed by atoms with van der Waals surface area (Å²) in [4.78, 5) is 50.5. The number of likely N-dealkylation sites (N-methyl/N-ethyl adjacent to an activating group) is 2. The van der Waals surface area contributed by atoms with Crippen LogP contribution >= 0.6 is 22.7 Å². The van der Waals surface area contributed by atoms with Crippen LogP contribution in [0.1, 0.15) is 0 Å². The Labute approximate surface area is 185 Å². The normalized spacial score (nSPS) is 20.6. The number of urea groups is 1. The van der Waals surface area contributed by atoms with Crippen LogP contribution in [0.3, 0.4) is 0 Å². The van der Waals surface area contributed by atoms with Crippen LogP contribution in [0, 0.1) is 0 Å². The van der Waals surface area contributed by atoms with Gasteiger partial charge in [0.2, 0.25) is 5.91 Å². The molecule has 1 N–H and O–H groups in total. The first-order valence-corrected chi connectivity index (χ1v) is 11.2. The number of aromatic nitrogens is 1. The zero-order chi connectivity index (χ0) is 21.7. The zero-order valence-corrected chi connectivity index (χ0v) is 18.3. The van der Waals surface area contributed by atoms with E-state index in [4.69, 9.17) is 0 Å². The number of imide groups is 1. The number of carbonyl (C=O) groups excluding carboxylic acids is 3. The summed E-state index contributed by atoms with van der Waals surface area (Å²) in [6, 6.07) is 8.72. The van der Waals surface area contributed by atoms with Gasteiger partial charge in [-0.3, -0.25) is 14.5 Å². The number of para-hydroxylation sites is 1. The van der Waals surface area contributed by atoms with Gasteiger partial charge in [0.1, 0.15) is 10.0 Å². The Balaban J connectivity index is 1.32. The standard InChI is InChI=1S/C20H18N6O3S2/c1-24-16-15(19(28)25(2)20(24)29)26(10-21-16)9-14(27)23-17-11(7-8-30-17)18-22-12-5-3-4-6-13(12)31-18/h3-8,10,15-16H,9H2,1-2H3,(H,23,27). The summed E-state index contributed by atoms with van der Waals surface area (Å²) < 4.78 is 1.08. The van der Waals surface area contributed by atoms with Gasteiger partial charge in [-0.25, -0.2) is 14.8 Å². The molecule has 2 atom stereocenters. The van der Waals surface area contributed by atoms with Gasteiger partial charge in [0.25, 0.3) is 5.91 Å². The number of benzene rings is 1. The van der Waals surface area contributed by atoms with E-state index in [-0.39, 0.29) is 18.4 Å². The van der Waals surface area contributed by atoms with Crippen molar-refractivity contribution in [3.63, 3.8) is 0 Å². The maximum Gasteiger partial charge on any atom is 0.328 e. The largest absolute Gasteiger partial charge is 0.338 e. The summed E-state index contributed by atoms with van der Waals surface area (Å²) in [5.74, 6) is -0.642. The molecule has 0 saturated carbocycles. The van der Waals surface area contributed by atoms with Crippen molar-refractivity contribution >= 4 is 62.1 Å². The molecule has 2 unspecified atom stereocenters. The molecule has 1 fully saturated rings. The molecule has 2 aliphatic rings. The van der Waals surface area contributed by atoms with Crippen molar-refractivity contribution < 1.29 is 14.4 Å². The summed E-state index contributed by atoms with van der Waals surface area (Å²) in [5.41, 5.74) is 1.79. The van der Waals surface area contributed by atoms with Crippen LogP contribution < -0.4 is 5.32 Å². The van der Waals surface area contributed by atoms with Crippen molar-refractivity contribution in [3.05, 3.63) is 35.7 Å². The SMILES string of the molecule is CN1C(=O)C2C(N=CN2CC(=O)Nc2sccc2-c2nc3ccccc3s2)N(C)C1=O. The lowest BCUT2D eigenvalue weighted by Gasteiger charge is -2.39. The molecule has 1 aromatic carbocycles. The smallest absolute Gasteiger partial charge is 0.328 e. The lowest BCUT2D eigenvalue weighted by Crippen LogP contribution is -2.64. The minimum absolute atomic E-state index is 0.0521. The van der Waals surface area contributed by atoms with Gasteiger partial charge in [0.05, 0.1) is 23.1 Å². The topological polar surface area (TPSA) is 98.2 Å². The van der Waals surface area contributed by atoms with Gasteiger partial charge in [-0.2, -0.15) is 0 Å². The summed E-state index contributed by atoms with van der Waals surface area (Å²) in [6.07, 6.45) is 0.850. The Hall–Kier alpha value is -3.31. The Morgan fingerprint density at radius 3 is 2.81 bits per heavy atom. The second-order valence-corrected chi connectivity index (χ2v) is 9.23. The third-order valence-electron chi connectivity index (χ3n) is 5.35. The average Bonchev–Trinajstić information content (AvgIpc) is 3.48. The summed E-state index contributed by atoms with van der Waals surface area (Å²) >= 11 is 2.99. The first-order chi connectivity index (χ1) is 14.9. The predicted octanol–water partition coefficient (Wildman–Crippen LogP) is 2.53. The molecule has 4 heterocycles. The molecule has 0 aliphatic carbocycles. The fourth-order valence-electron chi connectivity index (χ4n) is 3.74. The highest BCUT2D eigenvalue weighted by Gasteiger charge is 2.48. The Bertz CT molecular complexity index is 1200. The van der Waals surface area contributed by atoms with E-state index in [2.05, 4.69) is 15.3 Å². The van der Waals surface area contributed by atoms with Crippen LogP contribution in [0.25, 0.3) is 20.8 Å². The number of anilines is 1. The molecule has 0 bridgehead atoms. The minimum Gasteiger partial charge on any atom is -0.338 e. The molecular weight excluding hydrogens is 436 g/mol. The van der Waals surface area contributed by atoms with Gasteiger partial charge in [0, 0.05) is 19.7 Å². The van der Waals surface area contributed by atoms with E-state index in [9.17, 15) is 14.4 Å². The van der Waals surface area contributed by atoms with E-state index < -0.39 is 18.2 Å². The van der Waals surface area contributed by atoms with Crippen molar-refractivity contribution in [2.45, 2.75) is 12.2 Å². The molecule has 0 radical (unpaired) electrons. The highest BCUT2D eigenvalue weighted by atomic mass is 32.1. The van der Waals surface area contributed by atoms with E-state index in [1.165, 1.54) is 29.6 Å². The van der Waals surface area contributed by atoms with Crippen molar-refractivity contribution in [1.29, 1.82) is 0 Å². The molecule has 9 nitrogen and oxygen atoms in total. The Morgan fingerprint density at radius 1 is 1.19 bits per heavy atom. The van der Waals surface area contributed by atoms with E-state index in [1.807, 2.05) is 35.7 Å². The number of fused-ring (bicyclic) bond motifs is 2. The molecule has 5 rings (SSSR count).